The first kappa shape index (κ1) is 19.9. The van der Waals surface area contributed by atoms with E-state index < -0.39 is 16.0 Å². The van der Waals surface area contributed by atoms with Crippen molar-refractivity contribution >= 4 is 27.6 Å². The molecule has 0 saturated heterocycles. The molecule has 0 atom stereocenters. The quantitative estimate of drug-likeness (QED) is 0.554. The molecule has 0 unspecified atom stereocenters. The molecule has 0 amide bonds. The van der Waals surface area contributed by atoms with E-state index in [-0.39, 0.29) is 11.3 Å². The molecule has 1 aromatic carbocycles. The highest BCUT2D eigenvalue weighted by atomic mass is 35.5. The highest BCUT2D eigenvalue weighted by Crippen LogP contribution is 2.14. The number of carboxylic acids is 1. The van der Waals surface area contributed by atoms with Crippen LogP contribution in [0.25, 0.3) is 0 Å². The molecule has 23 heavy (non-hydrogen) atoms. The van der Waals surface area contributed by atoms with Crippen LogP contribution in [0.2, 0.25) is 5.02 Å². The number of carbonyl (C=O) groups is 1. The van der Waals surface area contributed by atoms with Crippen LogP contribution in [-0.2, 0) is 14.8 Å². The molecule has 0 fully saturated rings. The van der Waals surface area contributed by atoms with Gasteiger partial charge in [0.2, 0.25) is 10.0 Å². The van der Waals surface area contributed by atoms with Crippen molar-refractivity contribution in [1.82, 2.24) is 4.72 Å². The first-order valence-electron chi connectivity index (χ1n) is 7.89. The van der Waals surface area contributed by atoms with Gasteiger partial charge in [-0.1, -0.05) is 43.7 Å². The first-order chi connectivity index (χ1) is 10.9. The van der Waals surface area contributed by atoms with Crippen LogP contribution in [0.15, 0.2) is 29.2 Å². The summed E-state index contributed by atoms with van der Waals surface area (Å²) < 4.78 is 26.6. The summed E-state index contributed by atoms with van der Waals surface area (Å²) in [7, 11) is -3.45. The van der Waals surface area contributed by atoms with Gasteiger partial charge in [-0.15, -0.1) is 0 Å². The maximum absolute atomic E-state index is 12.0. The average Bonchev–Trinajstić information content (AvgIpc) is 2.49. The van der Waals surface area contributed by atoms with Crippen LogP contribution < -0.4 is 4.72 Å². The fourth-order valence-electron chi connectivity index (χ4n) is 2.19. The molecule has 0 bridgehead atoms. The number of hydrogen-bond donors (Lipinski definition) is 2. The number of carboxylic acid groups (broad SMARTS) is 1. The lowest BCUT2D eigenvalue weighted by molar-refractivity contribution is -0.137. The summed E-state index contributed by atoms with van der Waals surface area (Å²) in [6.45, 7) is 0.421. The maximum atomic E-state index is 12.0. The molecule has 1 rings (SSSR count). The van der Waals surface area contributed by atoms with Gasteiger partial charge in [0.1, 0.15) is 0 Å². The van der Waals surface area contributed by atoms with Gasteiger partial charge in [-0.05, 0) is 37.1 Å². The Labute approximate surface area is 143 Å². The van der Waals surface area contributed by atoms with Gasteiger partial charge in [0.05, 0.1) is 4.90 Å². The van der Waals surface area contributed by atoms with Gasteiger partial charge in [-0.2, -0.15) is 0 Å². The Balaban J connectivity index is 2.08. The van der Waals surface area contributed by atoms with Crippen molar-refractivity contribution in [3.63, 3.8) is 0 Å². The van der Waals surface area contributed by atoms with Gasteiger partial charge in [-0.3, -0.25) is 4.79 Å². The molecule has 0 aromatic heterocycles. The smallest absolute Gasteiger partial charge is 0.303 e. The first-order valence-corrected chi connectivity index (χ1v) is 9.75. The second-order valence-electron chi connectivity index (χ2n) is 5.47. The molecule has 2 N–H and O–H groups in total. The minimum Gasteiger partial charge on any atom is -0.481 e. The number of benzene rings is 1. The van der Waals surface area contributed by atoms with Crippen molar-refractivity contribution in [3.8, 4) is 0 Å². The van der Waals surface area contributed by atoms with Crippen molar-refractivity contribution < 1.29 is 18.3 Å². The van der Waals surface area contributed by atoms with Gasteiger partial charge < -0.3 is 5.11 Å². The molecule has 7 heteroatoms. The van der Waals surface area contributed by atoms with Crippen molar-refractivity contribution in [2.45, 2.75) is 56.3 Å². The standard InChI is InChI=1S/C16H24ClNO4S/c17-14-9-11-15(12-10-14)23(21,22)18-13-7-5-3-1-2-4-6-8-16(19)20/h9-12,18H,1-8,13H2,(H,19,20). The zero-order valence-electron chi connectivity index (χ0n) is 13.1. The predicted octanol–water partition coefficient (Wildman–Crippen LogP) is 3.82. The Hall–Kier alpha value is -1.11. The number of unbranched alkanes of at least 4 members (excludes halogenated alkanes) is 6. The lowest BCUT2D eigenvalue weighted by atomic mass is 10.1. The molecular formula is C16H24ClNO4S. The fraction of sp³-hybridized carbons (Fsp3) is 0.562. The number of sulfonamides is 1. The Morgan fingerprint density at radius 3 is 2.04 bits per heavy atom. The van der Waals surface area contributed by atoms with Gasteiger partial charge in [0, 0.05) is 18.0 Å². The van der Waals surface area contributed by atoms with E-state index in [1.54, 1.807) is 12.1 Å². The van der Waals surface area contributed by atoms with Crippen molar-refractivity contribution in [2.24, 2.45) is 0 Å². The zero-order valence-corrected chi connectivity index (χ0v) is 14.7. The minimum absolute atomic E-state index is 0.223. The molecule has 0 heterocycles. The van der Waals surface area contributed by atoms with E-state index in [1.807, 2.05) is 0 Å². The van der Waals surface area contributed by atoms with Gasteiger partial charge in [0.15, 0.2) is 0 Å². The van der Waals surface area contributed by atoms with Crippen LogP contribution in [-0.4, -0.2) is 26.0 Å². The molecule has 0 spiro atoms. The molecular weight excluding hydrogens is 338 g/mol. The summed E-state index contributed by atoms with van der Waals surface area (Å²) in [6, 6.07) is 6.09. The Bertz CT molecular complexity index is 572. The summed E-state index contributed by atoms with van der Waals surface area (Å²) >= 11 is 5.74. The van der Waals surface area contributed by atoms with E-state index in [4.69, 9.17) is 16.7 Å². The largest absolute Gasteiger partial charge is 0.481 e. The van der Waals surface area contributed by atoms with Crippen LogP contribution in [0.4, 0.5) is 0 Å². The Morgan fingerprint density at radius 2 is 1.48 bits per heavy atom. The van der Waals surface area contributed by atoms with Gasteiger partial charge >= 0.3 is 5.97 Å². The van der Waals surface area contributed by atoms with Crippen LogP contribution in [0, 0.1) is 0 Å². The topological polar surface area (TPSA) is 83.5 Å². The fourth-order valence-corrected chi connectivity index (χ4v) is 3.39. The third-order valence-corrected chi connectivity index (χ3v) is 5.21. The van der Waals surface area contributed by atoms with E-state index in [1.165, 1.54) is 12.1 Å². The van der Waals surface area contributed by atoms with Crippen LogP contribution in [0.1, 0.15) is 51.4 Å². The summed E-state index contributed by atoms with van der Waals surface area (Å²) in [5.74, 6) is -0.738. The van der Waals surface area contributed by atoms with Gasteiger partial charge in [0.25, 0.3) is 0 Å². The number of halogens is 1. The lowest BCUT2D eigenvalue weighted by Crippen LogP contribution is -2.24. The number of aliphatic carboxylic acids is 1. The average molecular weight is 362 g/mol. The molecule has 0 aliphatic heterocycles. The van der Waals surface area contributed by atoms with E-state index in [2.05, 4.69) is 4.72 Å². The lowest BCUT2D eigenvalue weighted by Gasteiger charge is -2.07. The Kier molecular flexibility index (Phi) is 9.21. The van der Waals surface area contributed by atoms with Gasteiger partial charge in [-0.25, -0.2) is 13.1 Å². The third-order valence-electron chi connectivity index (χ3n) is 3.48. The van der Waals surface area contributed by atoms with Crippen LogP contribution in [0.3, 0.4) is 0 Å². The monoisotopic (exact) mass is 361 g/mol. The molecule has 0 saturated carbocycles. The highest BCUT2D eigenvalue weighted by Gasteiger charge is 2.12. The van der Waals surface area contributed by atoms with E-state index in [0.717, 1.165) is 44.9 Å². The second-order valence-corrected chi connectivity index (χ2v) is 7.67. The minimum atomic E-state index is -3.45. The SMILES string of the molecule is O=C(O)CCCCCCCCCNS(=O)(=O)c1ccc(Cl)cc1. The summed E-state index contributed by atoms with van der Waals surface area (Å²) in [4.78, 5) is 10.6. The highest BCUT2D eigenvalue weighted by molar-refractivity contribution is 7.89. The van der Waals surface area contributed by atoms with E-state index >= 15 is 0 Å². The van der Waals surface area contributed by atoms with Crippen molar-refractivity contribution in [1.29, 1.82) is 0 Å². The summed E-state index contributed by atoms with van der Waals surface area (Å²) in [5, 5.41) is 9.02. The maximum Gasteiger partial charge on any atom is 0.303 e. The number of hydrogen-bond acceptors (Lipinski definition) is 3. The summed E-state index contributed by atoms with van der Waals surface area (Å²) in [5.41, 5.74) is 0. The molecule has 0 radical (unpaired) electrons. The number of nitrogens with one attached hydrogen (secondary N) is 1. The molecule has 0 aliphatic carbocycles. The molecule has 1 aromatic rings. The molecule has 5 nitrogen and oxygen atoms in total. The van der Waals surface area contributed by atoms with Crippen molar-refractivity contribution in [2.75, 3.05) is 6.54 Å². The normalized spacial score (nSPS) is 11.5. The second kappa shape index (κ2) is 10.6. The molecule has 0 aliphatic rings. The number of rotatable bonds is 12. The van der Waals surface area contributed by atoms with Crippen LogP contribution >= 0.6 is 11.6 Å². The zero-order chi connectivity index (χ0) is 17.1. The predicted molar refractivity (Wildman–Crippen MR) is 91.2 cm³/mol. The van der Waals surface area contributed by atoms with E-state index in [9.17, 15) is 13.2 Å². The van der Waals surface area contributed by atoms with E-state index in [0.29, 0.717) is 11.6 Å². The van der Waals surface area contributed by atoms with Crippen molar-refractivity contribution in [3.05, 3.63) is 29.3 Å². The third kappa shape index (κ3) is 8.93. The summed E-state index contributed by atoms with van der Waals surface area (Å²) in [6.07, 6.45) is 6.80. The van der Waals surface area contributed by atoms with Crippen LogP contribution in [0.5, 0.6) is 0 Å². The Morgan fingerprint density at radius 1 is 0.957 bits per heavy atom. The molecule has 130 valence electrons.